The molecule has 3 heterocycles. The molecule has 1 fully saturated rings. The number of hydrogen-bond donors (Lipinski definition) is 0. The molecule has 0 spiro atoms. The van der Waals surface area contributed by atoms with Gasteiger partial charge >= 0.3 is 5.69 Å². The number of nitrogens with zero attached hydrogens (tertiary/aromatic N) is 5. The van der Waals surface area contributed by atoms with E-state index in [0.717, 1.165) is 17.0 Å². The maximum atomic E-state index is 11.8. The van der Waals surface area contributed by atoms with E-state index in [1.54, 1.807) is 16.6 Å². The van der Waals surface area contributed by atoms with Crippen molar-refractivity contribution in [3.05, 3.63) is 45.4 Å². The highest BCUT2D eigenvalue weighted by Gasteiger charge is 2.31. The molecule has 1 atom stereocenters. The molecular formula is C16H21N5O4S. The Labute approximate surface area is 151 Å². The van der Waals surface area contributed by atoms with Crippen LogP contribution in [0.1, 0.15) is 29.4 Å². The van der Waals surface area contributed by atoms with Crippen LogP contribution in [0.3, 0.4) is 0 Å². The van der Waals surface area contributed by atoms with E-state index in [9.17, 15) is 18.5 Å². The Balaban J connectivity index is 1.88. The van der Waals surface area contributed by atoms with Crippen molar-refractivity contribution in [3.63, 3.8) is 0 Å². The summed E-state index contributed by atoms with van der Waals surface area (Å²) >= 11 is 0. The van der Waals surface area contributed by atoms with Crippen LogP contribution >= 0.6 is 0 Å². The predicted octanol–water partition coefficient (Wildman–Crippen LogP) is 1.80. The number of aryl methyl sites for hydroxylation is 1. The maximum Gasteiger partial charge on any atom is 0.311 e. The molecule has 0 N–H and O–H groups in total. The first-order valence-electron chi connectivity index (χ1n) is 8.25. The molecule has 0 amide bonds. The van der Waals surface area contributed by atoms with Crippen molar-refractivity contribution in [1.82, 2.24) is 14.8 Å². The molecule has 2 aromatic rings. The van der Waals surface area contributed by atoms with E-state index in [-0.39, 0.29) is 29.1 Å². The molecule has 1 saturated heterocycles. The molecule has 0 radical (unpaired) electrons. The summed E-state index contributed by atoms with van der Waals surface area (Å²) in [6, 6.07) is 2.80. The standard InChI is InChI=1S/C16H21N5O4S/c1-11-14(9-19(3)16-15(21(22)23)5-4-7-17-16)12(2)20(18-11)13-6-8-26(24,25)10-13/h4-5,7,13H,6,8-10H2,1-3H3/t13-/m0/s1. The first kappa shape index (κ1) is 18.3. The van der Waals surface area contributed by atoms with Crippen molar-refractivity contribution in [1.29, 1.82) is 0 Å². The van der Waals surface area contributed by atoms with E-state index >= 15 is 0 Å². The Hall–Kier alpha value is -2.49. The first-order valence-corrected chi connectivity index (χ1v) is 10.1. The second-order valence-corrected chi connectivity index (χ2v) is 8.84. The quantitative estimate of drug-likeness (QED) is 0.575. The second kappa shape index (κ2) is 6.67. The van der Waals surface area contributed by atoms with Gasteiger partial charge < -0.3 is 4.90 Å². The fourth-order valence-corrected chi connectivity index (χ4v) is 5.08. The van der Waals surface area contributed by atoms with Crippen LogP contribution in [0.4, 0.5) is 11.5 Å². The van der Waals surface area contributed by atoms with Gasteiger partial charge in [0.25, 0.3) is 0 Å². The van der Waals surface area contributed by atoms with Crippen LogP contribution in [0, 0.1) is 24.0 Å². The number of nitro groups is 1. The molecule has 10 heteroatoms. The Morgan fingerprint density at radius 1 is 1.42 bits per heavy atom. The van der Waals surface area contributed by atoms with Gasteiger partial charge in [0.15, 0.2) is 9.84 Å². The third-order valence-corrected chi connectivity index (χ3v) is 6.50. The fraction of sp³-hybridized carbons (Fsp3) is 0.500. The van der Waals surface area contributed by atoms with Crippen LogP contribution in [0.2, 0.25) is 0 Å². The van der Waals surface area contributed by atoms with Crippen molar-refractivity contribution in [3.8, 4) is 0 Å². The van der Waals surface area contributed by atoms with Crippen molar-refractivity contribution < 1.29 is 13.3 Å². The molecule has 0 aliphatic carbocycles. The molecule has 1 aliphatic heterocycles. The Morgan fingerprint density at radius 2 is 2.15 bits per heavy atom. The van der Waals surface area contributed by atoms with Gasteiger partial charge in [-0.3, -0.25) is 14.8 Å². The fourth-order valence-electron chi connectivity index (χ4n) is 3.39. The smallest absolute Gasteiger partial charge is 0.311 e. The molecule has 26 heavy (non-hydrogen) atoms. The zero-order valence-electron chi connectivity index (χ0n) is 14.9. The average molecular weight is 379 g/mol. The number of anilines is 1. The van der Waals surface area contributed by atoms with E-state index in [2.05, 4.69) is 10.1 Å². The number of pyridine rings is 1. The monoisotopic (exact) mass is 379 g/mol. The summed E-state index contributed by atoms with van der Waals surface area (Å²) in [4.78, 5) is 16.6. The lowest BCUT2D eigenvalue weighted by atomic mass is 10.1. The van der Waals surface area contributed by atoms with Crippen molar-refractivity contribution in [2.75, 3.05) is 23.5 Å². The van der Waals surface area contributed by atoms with Crippen molar-refractivity contribution in [2.45, 2.75) is 32.9 Å². The minimum atomic E-state index is -3.00. The summed E-state index contributed by atoms with van der Waals surface area (Å²) in [6.45, 7) is 4.17. The van der Waals surface area contributed by atoms with Crippen LogP contribution in [-0.2, 0) is 16.4 Å². The Morgan fingerprint density at radius 3 is 2.77 bits per heavy atom. The summed E-state index contributed by atoms with van der Waals surface area (Å²) in [5.74, 6) is 0.578. The van der Waals surface area contributed by atoms with Crippen molar-refractivity contribution >= 4 is 21.3 Å². The normalized spacial score (nSPS) is 18.8. The van der Waals surface area contributed by atoms with Crippen LogP contribution in [0.15, 0.2) is 18.3 Å². The van der Waals surface area contributed by atoms with Gasteiger partial charge in [0.1, 0.15) is 0 Å². The van der Waals surface area contributed by atoms with Crippen LogP contribution < -0.4 is 4.90 Å². The average Bonchev–Trinajstić information content (AvgIpc) is 3.08. The van der Waals surface area contributed by atoms with E-state index in [1.165, 1.54) is 18.3 Å². The number of sulfone groups is 1. The van der Waals surface area contributed by atoms with Gasteiger partial charge in [0, 0.05) is 37.1 Å². The zero-order chi connectivity index (χ0) is 19.1. The predicted molar refractivity (Wildman–Crippen MR) is 97.0 cm³/mol. The molecule has 3 rings (SSSR count). The maximum absolute atomic E-state index is 11.8. The number of aromatic nitrogens is 3. The zero-order valence-corrected chi connectivity index (χ0v) is 15.7. The number of hydrogen-bond acceptors (Lipinski definition) is 7. The Kier molecular flexibility index (Phi) is 4.70. The van der Waals surface area contributed by atoms with Gasteiger partial charge in [-0.05, 0) is 26.3 Å². The highest BCUT2D eigenvalue weighted by atomic mass is 32.2. The SMILES string of the molecule is Cc1nn([C@H]2CCS(=O)(=O)C2)c(C)c1CN(C)c1ncccc1[N+](=O)[O-]. The van der Waals surface area contributed by atoms with Gasteiger partial charge in [-0.1, -0.05) is 0 Å². The topological polar surface area (TPSA) is 111 Å². The third kappa shape index (κ3) is 3.41. The summed E-state index contributed by atoms with van der Waals surface area (Å²) in [5.41, 5.74) is 2.54. The molecule has 0 aromatic carbocycles. The van der Waals surface area contributed by atoms with Gasteiger partial charge in [0.05, 0.1) is 28.2 Å². The highest BCUT2D eigenvalue weighted by Crippen LogP contribution is 2.29. The van der Waals surface area contributed by atoms with Crippen LogP contribution in [0.5, 0.6) is 0 Å². The molecule has 2 aromatic heterocycles. The van der Waals surface area contributed by atoms with Crippen LogP contribution in [-0.4, -0.2) is 46.7 Å². The van der Waals surface area contributed by atoms with E-state index < -0.39 is 14.8 Å². The summed E-state index contributed by atoms with van der Waals surface area (Å²) in [7, 11) is -1.26. The summed E-state index contributed by atoms with van der Waals surface area (Å²) in [6.07, 6.45) is 2.08. The number of rotatable bonds is 5. The molecule has 0 bridgehead atoms. The van der Waals surface area contributed by atoms with E-state index in [1.807, 2.05) is 13.8 Å². The van der Waals surface area contributed by atoms with E-state index in [0.29, 0.717) is 13.0 Å². The largest absolute Gasteiger partial charge is 0.349 e. The van der Waals surface area contributed by atoms with E-state index in [4.69, 9.17) is 0 Å². The van der Waals surface area contributed by atoms with Gasteiger partial charge in [0.2, 0.25) is 5.82 Å². The second-order valence-electron chi connectivity index (χ2n) is 6.61. The molecule has 0 unspecified atom stereocenters. The summed E-state index contributed by atoms with van der Waals surface area (Å²) in [5, 5.41) is 15.8. The lowest BCUT2D eigenvalue weighted by molar-refractivity contribution is -0.384. The molecule has 9 nitrogen and oxygen atoms in total. The third-order valence-electron chi connectivity index (χ3n) is 4.75. The van der Waals surface area contributed by atoms with Gasteiger partial charge in [-0.25, -0.2) is 13.4 Å². The highest BCUT2D eigenvalue weighted by molar-refractivity contribution is 7.91. The van der Waals surface area contributed by atoms with Crippen molar-refractivity contribution in [2.24, 2.45) is 0 Å². The first-order chi connectivity index (χ1) is 12.2. The molecular weight excluding hydrogens is 358 g/mol. The Bertz CT molecular complexity index is 954. The lowest BCUT2D eigenvalue weighted by Gasteiger charge is -2.18. The summed E-state index contributed by atoms with van der Waals surface area (Å²) < 4.78 is 25.3. The molecule has 140 valence electrons. The molecule has 1 aliphatic rings. The minimum Gasteiger partial charge on any atom is -0.349 e. The van der Waals surface area contributed by atoms with Gasteiger partial charge in [-0.15, -0.1) is 0 Å². The minimum absolute atomic E-state index is 0.0559. The molecule has 0 saturated carbocycles. The lowest BCUT2D eigenvalue weighted by Crippen LogP contribution is -2.20. The van der Waals surface area contributed by atoms with Crippen LogP contribution in [0.25, 0.3) is 0 Å². The van der Waals surface area contributed by atoms with Gasteiger partial charge in [-0.2, -0.15) is 5.10 Å².